The molecule has 1 aromatic heterocycles. The Kier molecular flexibility index (Phi) is 5.42. The van der Waals surface area contributed by atoms with Crippen molar-refractivity contribution >= 4 is 5.96 Å². The third kappa shape index (κ3) is 4.34. The van der Waals surface area contributed by atoms with E-state index in [1.54, 1.807) is 13.2 Å². The monoisotopic (exact) mass is 313 g/mol. The number of hydrogen-bond acceptors (Lipinski definition) is 2. The molecule has 0 bridgehead atoms. The topological polar surface area (TPSA) is 54.2 Å². The van der Waals surface area contributed by atoms with Crippen molar-refractivity contribution in [3.05, 3.63) is 53.3 Å². The summed E-state index contributed by atoms with van der Waals surface area (Å²) in [5.41, 5.74) is 3.81. The fraction of sp³-hybridized carbons (Fsp3) is 0.444. The maximum atomic E-state index is 4.30. The van der Waals surface area contributed by atoms with Crippen molar-refractivity contribution < 1.29 is 0 Å². The minimum Gasteiger partial charge on any atom is -0.356 e. The quantitative estimate of drug-likeness (QED) is 0.658. The van der Waals surface area contributed by atoms with Crippen LogP contribution < -0.4 is 10.6 Å². The third-order valence-corrected chi connectivity index (χ3v) is 4.15. The van der Waals surface area contributed by atoms with E-state index in [1.165, 1.54) is 11.1 Å². The lowest BCUT2D eigenvalue weighted by atomic mass is 9.82. The SMILES string of the molecule is CN=C(NCc1ccnn1C)NCC(C)(C)c1ccccc1C. The smallest absolute Gasteiger partial charge is 0.191 e. The molecule has 5 nitrogen and oxygen atoms in total. The Hall–Kier alpha value is -2.30. The van der Waals surface area contributed by atoms with Gasteiger partial charge in [-0.15, -0.1) is 0 Å². The molecular weight excluding hydrogens is 286 g/mol. The molecule has 2 rings (SSSR count). The minimum atomic E-state index is 0.0233. The van der Waals surface area contributed by atoms with E-state index in [0.29, 0.717) is 6.54 Å². The van der Waals surface area contributed by atoms with Crippen molar-refractivity contribution in [1.29, 1.82) is 0 Å². The highest BCUT2D eigenvalue weighted by molar-refractivity contribution is 5.79. The fourth-order valence-electron chi connectivity index (χ4n) is 2.70. The predicted molar refractivity (Wildman–Crippen MR) is 95.6 cm³/mol. The predicted octanol–water partition coefficient (Wildman–Crippen LogP) is 2.37. The Morgan fingerprint density at radius 1 is 1.22 bits per heavy atom. The van der Waals surface area contributed by atoms with Gasteiger partial charge in [-0.2, -0.15) is 5.10 Å². The largest absolute Gasteiger partial charge is 0.356 e. The van der Waals surface area contributed by atoms with Gasteiger partial charge in [0.15, 0.2) is 5.96 Å². The summed E-state index contributed by atoms with van der Waals surface area (Å²) in [5.74, 6) is 0.799. The lowest BCUT2D eigenvalue weighted by Crippen LogP contribution is -2.43. The second-order valence-corrected chi connectivity index (χ2v) is 6.42. The van der Waals surface area contributed by atoms with Gasteiger partial charge in [0.2, 0.25) is 0 Å². The molecule has 1 aromatic carbocycles. The van der Waals surface area contributed by atoms with Crippen LogP contribution in [0.5, 0.6) is 0 Å². The van der Waals surface area contributed by atoms with Crippen LogP contribution >= 0.6 is 0 Å². The summed E-state index contributed by atoms with van der Waals surface area (Å²) in [6.45, 7) is 8.16. The third-order valence-electron chi connectivity index (χ3n) is 4.15. The first-order chi connectivity index (χ1) is 10.9. The first-order valence-corrected chi connectivity index (χ1v) is 7.91. The summed E-state index contributed by atoms with van der Waals surface area (Å²) in [6.07, 6.45) is 1.80. The molecule has 1 heterocycles. The minimum absolute atomic E-state index is 0.0233. The van der Waals surface area contributed by atoms with E-state index in [4.69, 9.17) is 0 Å². The van der Waals surface area contributed by atoms with Crippen LogP contribution in [-0.2, 0) is 19.0 Å². The van der Waals surface area contributed by atoms with Gasteiger partial charge in [-0.05, 0) is 24.1 Å². The number of nitrogens with zero attached hydrogens (tertiary/aromatic N) is 3. The Balaban J connectivity index is 1.95. The first-order valence-electron chi connectivity index (χ1n) is 7.91. The van der Waals surface area contributed by atoms with E-state index in [9.17, 15) is 0 Å². The van der Waals surface area contributed by atoms with Crippen LogP contribution in [0.4, 0.5) is 0 Å². The van der Waals surface area contributed by atoms with Crippen molar-refractivity contribution in [3.63, 3.8) is 0 Å². The van der Waals surface area contributed by atoms with Gasteiger partial charge < -0.3 is 10.6 Å². The molecule has 0 aliphatic heterocycles. The number of rotatable bonds is 5. The summed E-state index contributed by atoms with van der Waals surface area (Å²) in [5, 5.41) is 10.9. The second kappa shape index (κ2) is 7.31. The summed E-state index contributed by atoms with van der Waals surface area (Å²) in [6, 6.07) is 10.5. The van der Waals surface area contributed by atoms with Crippen LogP contribution in [0.2, 0.25) is 0 Å². The molecule has 2 aromatic rings. The van der Waals surface area contributed by atoms with Crippen LogP contribution in [-0.4, -0.2) is 29.3 Å². The average Bonchev–Trinajstić information content (AvgIpc) is 2.93. The first kappa shape index (κ1) is 17.1. The van der Waals surface area contributed by atoms with Gasteiger partial charge in [-0.1, -0.05) is 38.1 Å². The van der Waals surface area contributed by atoms with Gasteiger partial charge in [0.1, 0.15) is 0 Å². The summed E-state index contributed by atoms with van der Waals surface area (Å²) < 4.78 is 1.86. The van der Waals surface area contributed by atoms with Gasteiger partial charge in [0, 0.05) is 32.3 Å². The van der Waals surface area contributed by atoms with Crippen molar-refractivity contribution in [3.8, 4) is 0 Å². The normalized spacial score (nSPS) is 12.3. The molecule has 0 spiro atoms. The van der Waals surface area contributed by atoms with Gasteiger partial charge in [0.05, 0.1) is 12.2 Å². The number of benzene rings is 1. The number of nitrogens with one attached hydrogen (secondary N) is 2. The molecule has 0 aliphatic carbocycles. The molecule has 5 heteroatoms. The standard InChI is InChI=1S/C18H27N5/c1-14-8-6-7-9-16(14)18(2,3)13-21-17(19-4)20-12-15-10-11-22-23(15)5/h6-11H,12-13H2,1-5H3,(H2,19,20,21). The van der Waals surface area contributed by atoms with Crippen molar-refractivity contribution in [1.82, 2.24) is 20.4 Å². The zero-order chi connectivity index (χ0) is 16.9. The summed E-state index contributed by atoms with van der Waals surface area (Å²) in [7, 11) is 3.73. The maximum absolute atomic E-state index is 4.30. The Labute approximate surface area is 138 Å². The van der Waals surface area contributed by atoms with E-state index in [2.05, 4.69) is 65.8 Å². The van der Waals surface area contributed by atoms with Crippen molar-refractivity contribution in [2.45, 2.75) is 32.7 Å². The van der Waals surface area contributed by atoms with Gasteiger partial charge in [0.25, 0.3) is 0 Å². The molecule has 0 amide bonds. The molecule has 2 N–H and O–H groups in total. The molecular formula is C18H27N5. The molecule has 0 unspecified atom stereocenters. The van der Waals surface area contributed by atoms with Crippen molar-refractivity contribution in [2.24, 2.45) is 12.0 Å². The summed E-state index contributed by atoms with van der Waals surface area (Å²) in [4.78, 5) is 4.30. The Morgan fingerprint density at radius 3 is 2.57 bits per heavy atom. The van der Waals surface area contributed by atoms with Crippen LogP contribution in [0.15, 0.2) is 41.5 Å². The van der Waals surface area contributed by atoms with Crippen LogP contribution in [0.3, 0.4) is 0 Å². The fourth-order valence-corrected chi connectivity index (χ4v) is 2.70. The molecule has 0 saturated carbocycles. The number of hydrogen-bond donors (Lipinski definition) is 2. The molecule has 0 fully saturated rings. The molecule has 124 valence electrons. The molecule has 0 saturated heterocycles. The highest BCUT2D eigenvalue weighted by atomic mass is 15.3. The van der Waals surface area contributed by atoms with Crippen LogP contribution in [0.25, 0.3) is 0 Å². The zero-order valence-electron chi connectivity index (χ0n) is 14.7. The van der Waals surface area contributed by atoms with Gasteiger partial charge >= 0.3 is 0 Å². The number of aromatic nitrogens is 2. The molecule has 0 atom stereocenters. The lowest BCUT2D eigenvalue weighted by molar-refractivity contribution is 0.505. The summed E-state index contributed by atoms with van der Waals surface area (Å²) >= 11 is 0. The molecule has 23 heavy (non-hydrogen) atoms. The Bertz CT molecular complexity index is 670. The lowest BCUT2D eigenvalue weighted by Gasteiger charge is -2.28. The molecule has 0 radical (unpaired) electrons. The van der Waals surface area contributed by atoms with E-state index >= 15 is 0 Å². The van der Waals surface area contributed by atoms with Crippen molar-refractivity contribution in [2.75, 3.05) is 13.6 Å². The van der Waals surface area contributed by atoms with Gasteiger partial charge in [-0.3, -0.25) is 9.67 Å². The Morgan fingerprint density at radius 2 is 1.96 bits per heavy atom. The van der Waals surface area contributed by atoms with E-state index in [-0.39, 0.29) is 5.41 Å². The van der Waals surface area contributed by atoms with Crippen LogP contribution in [0, 0.1) is 6.92 Å². The zero-order valence-corrected chi connectivity index (χ0v) is 14.7. The number of aliphatic imine (C=N–C) groups is 1. The van der Waals surface area contributed by atoms with Crippen LogP contribution in [0.1, 0.15) is 30.7 Å². The highest BCUT2D eigenvalue weighted by Gasteiger charge is 2.22. The maximum Gasteiger partial charge on any atom is 0.191 e. The van der Waals surface area contributed by atoms with E-state index < -0.39 is 0 Å². The van der Waals surface area contributed by atoms with Gasteiger partial charge in [-0.25, -0.2) is 0 Å². The highest BCUT2D eigenvalue weighted by Crippen LogP contribution is 2.25. The number of aryl methyl sites for hydroxylation is 2. The number of guanidine groups is 1. The van der Waals surface area contributed by atoms with E-state index in [0.717, 1.165) is 18.2 Å². The second-order valence-electron chi connectivity index (χ2n) is 6.42. The average molecular weight is 313 g/mol. The van der Waals surface area contributed by atoms with E-state index in [1.807, 2.05) is 17.8 Å². The molecule has 0 aliphatic rings.